The number of aromatic nitrogens is 3. The van der Waals surface area contributed by atoms with E-state index in [0.29, 0.717) is 38.0 Å². The molecule has 1 heterocycles. The van der Waals surface area contributed by atoms with Crippen LogP contribution in [0.15, 0.2) is 0 Å². The fourth-order valence-electron chi connectivity index (χ4n) is 1.37. The third-order valence-electron chi connectivity index (χ3n) is 2.33. The lowest BCUT2D eigenvalue weighted by molar-refractivity contribution is 0.205. The average Bonchev–Trinajstić information content (AvgIpc) is 2.38. The number of hydrogen-bond donors (Lipinski definition) is 0. The lowest BCUT2D eigenvalue weighted by Gasteiger charge is -2.22. The molecule has 0 radical (unpaired) electrons. The third-order valence-corrected chi connectivity index (χ3v) is 2.50. The van der Waals surface area contributed by atoms with Crippen molar-refractivity contribution in [3.8, 4) is 6.07 Å². The number of ether oxygens (including phenoxy) is 1. The van der Waals surface area contributed by atoms with Gasteiger partial charge in [-0.1, -0.05) is 0 Å². The Hall–Kier alpha value is -1.65. The van der Waals surface area contributed by atoms with Gasteiger partial charge in [-0.2, -0.15) is 20.2 Å². The maximum atomic E-state index is 8.69. The first-order valence-corrected chi connectivity index (χ1v) is 6.16. The molecule has 0 spiro atoms. The second kappa shape index (κ2) is 7.71. The van der Waals surface area contributed by atoms with Gasteiger partial charge in [0.2, 0.25) is 17.2 Å². The summed E-state index contributed by atoms with van der Waals surface area (Å²) < 4.78 is 5.04. The molecule has 19 heavy (non-hydrogen) atoms. The molecule has 8 heteroatoms. The Kier molecular flexibility index (Phi) is 6.25. The predicted molar refractivity (Wildman–Crippen MR) is 73.5 cm³/mol. The van der Waals surface area contributed by atoms with Crippen molar-refractivity contribution in [2.75, 3.05) is 50.7 Å². The van der Waals surface area contributed by atoms with Gasteiger partial charge in [-0.15, -0.1) is 0 Å². The SMILES string of the molecule is COCCN(CCC#N)c1nc(Cl)nc(N(C)C)n1. The molecule has 0 amide bonds. The van der Waals surface area contributed by atoms with Gasteiger partial charge in [-0.05, 0) is 11.6 Å². The molecule has 0 bridgehead atoms. The van der Waals surface area contributed by atoms with Crippen molar-refractivity contribution < 1.29 is 4.74 Å². The highest BCUT2D eigenvalue weighted by Crippen LogP contribution is 2.15. The van der Waals surface area contributed by atoms with Gasteiger partial charge in [-0.25, -0.2) is 0 Å². The Morgan fingerprint density at radius 1 is 1.21 bits per heavy atom. The Morgan fingerprint density at radius 3 is 2.47 bits per heavy atom. The summed E-state index contributed by atoms with van der Waals surface area (Å²) in [6, 6.07) is 2.10. The molecular weight excluding hydrogens is 268 g/mol. The summed E-state index contributed by atoms with van der Waals surface area (Å²) in [4.78, 5) is 16.0. The summed E-state index contributed by atoms with van der Waals surface area (Å²) in [5, 5.41) is 8.82. The van der Waals surface area contributed by atoms with E-state index in [2.05, 4.69) is 21.0 Å². The van der Waals surface area contributed by atoms with Gasteiger partial charge in [0.05, 0.1) is 19.1 Å². The standard InChI is InChI=1S/C11H17ClN6O/c1-17(2)10-14-9(12)15-11(16-10)18(6-4-5-13)7-8-19-3/h4,6-8H2,1-3H3. The highest BCUT2D eigenvalue weighted by atomic mass is 35.5. The molecule has 1 aromatic rings. The molecule has 0 saturated carbocycles. The Bertz CT molecular complexity index is 447. The second-order valence-corrected chi connectivity index (χ2v) is 4.32. The van der Waals surface area contributed by atoms with Gasteiger partial charge in [0.25, 0.3) is 0 Å². The highest BCUT2D eigenvalue weighted by molar-refractivity contribution is 6.28. The number of nitriles is 1. The van der Waals surface area contributed by atoms with Gasteiger partial charge in [0, 0.05) is 34.3 Å². The maximum absolute atomic E-state index is 8.69. The van der Waals surface area contributed by atoms with Gasteiger partial charge in [0.1, 0.15) is 0 Å². The number of methoxy groups -OCH3 is 1. The van der Waals surface area contributed by atoms with Crippen molar-refractivity contribution in [2.45, 2.75) is 6.42 Å². The van der Waals surface area contributed by atoms with E-state index in [1.54, 1.807) is 12.0 Å². The van der Waals surface area contributed by atoms with E-state index in [9.17, 15) is 0 Å². The van der Waals surface area contributed by atoms with E-state index >= 15 is 0 Å². The lowest BCUT2D eigenvalue weighted by Crippen LogP contribution is -2.30. The Balaban J connectivity index is 2.96. The minimum absolute atomic E-state index is 0.132. The molecule has 1 aromatic heterocycles. The first kappa shape index (κ1) is 15.4. The van der Waals surface area contributed by atoms with E-state index in [1.165, 1.54) is 0 Å². The average molecular weight is 285 g/mol. The number of rotatable bonds is 7. The molecule has 0 aliphatic rings. The van der Waals surface area contributed by atoms with Crippen LogP contribution in [0.25, 0.3) is 0 Å². The van der Waals surface area contributed by atoms with Gasteiger partial charge >= 0.3 is 0 Å². The summed E-state index contributed by atoms with van der Waals surface area (Å²) in [5.41, 5.74) is 0. The van der Waals surface area contributed by atoms with E-state index < -0.39 is 0 Å². The molecule has 104 valence electrons. The fraction of sp³-hybridized carbons (Fsp3) is 0.636. The van der Waals surface area contributed by atoms with E-state index in [0.717, 1.165) is 0 Å². The molecular formula is C11H17ClN6O. The minimum Gasteiger partial charge on any atom is -0.383 e. The molecule has 0 aliphatic carbocycles. The van der Waals surface area contributed by atoms with Gasteiger partial charge in [-0.3, -0.25) is 0 Å². The molecule has 1 rings (SSSR count). The van der Waals surface area contributed by atoms with Crippen LogP contribution < -0.4 is 9.80 Å². The summed E-state index contributed by atoms with van der Waals surface area (Å²) in [6.07, 6.45) is 0.379. The van der Waals surface area contributed by atoms with Crippen molar-refractivity contribution in [2.24, 2.45) is 0 Å². The molecule has 0 fully saturated rings. The first-order valence-electron chi connectivity index (χ1n) is 5.78. The summed E-state index contributed by atoms with van der Waals surface area (Å²) in [5.74, 6) is 0.936. The smallest absolute Gasteiger partial charge is 0.231 e. The molecule has 0 saturated heterocycles. The van der Waals surface area contributed by atoms with Crippen LogP contribution >= 0.6 is 11.6 Å². The number of anilines is 2. The zero-order valence-electron chi connectivity index (χ0n) is 11.3. The molecule has 0 aromatic carbocycles. The normalized spacial score (nSPS) is 10.1. The minimum atomic E-state index is 0.132. The molecule has 7 nitrogen and oxygen atoms in total. The van der Waals surface area contributed by atoms with Crippen molar-refractivity contribution in [3.05, 3.63) is 5.28 Å². The molecule has 0 aliphatic heterocycles. The number of nitrogens with zero attached hydrogens (tertiary/aromatic N) is 6. The van der Waals surface area contributed by atoms with Crippen molar-refractivity contribution >= 4 is 23.5 Å². The summed E-state index contributed by atoms with van der Waals surface area (Å²) in [7, 11) is 5.27. The predicted octanol–water partition coefficient (Wildman–Crippen LogP) is 0.957. The van der Waals surface area contributed by atoms with Crippen LogP contribution in [-0.4, -0.2) is 55.9 Å². The summed E-state index contributed by atoms with van der Waals surface area (Å²) >= 11 is 5.89. The molecule has 0 unspecified atom stereocenters. The van der Waals surface area contributed by atoms with Crippen molar-refractivity contribution in [1.82, 2.24) is 15.0 Å². The van der Waals surface area contributed by atoms with E-state index in [4.69, 9.17) is 21.6 Å². The molecule has 0 N–H and O–H groups in total. The van der Waals surface area contributed by atoms with Crippen LogP contribution in [0, 0.1) is 11.3 Å². The van der Waals surface area contributed by atoms with Crippen LogP contribution in [0.1, 0.15) is 6.42 Å². The summed E-state index contributed by atoms with van der Waals surface area (Å²) in [6.45, 7) is 1.63. The third kappa shape index (κ3) is 4.85. The van der Waals surface area contributed by atoms with Crippen molar-refractivity contribution in [3.63, 3.8) is 0 Å². The monoisotopic (exact) mass is 284 g/mol. The first-order chi connectivity index (χ1) is 9.08. The van der Waals surface area contributed by atoms with Gasteiger partial charge in [0.15, 0.2) is 0 Å². The van der Waals surface area contributed by atoms with E-state index in [-0.39, 0.29) is 5.28 Å². The largest absolute Gasteiger partial charge is 0.383 e. The topological polar surface area (TPSA) is 78.2 Å². The van der Waals surface area contributed by atoms with Crippen LogP contribution in [0.3, 0.4) is 0 Å². The Labute approximate surface area is 117 Å². The molecule has 0 atom stereocenters. The van der Waals surface area contributed by atoms with Crippen LogP contribution in [0.4, 0.5) is 11.9 Å². The fourth-order valence-corrected chi connectivity index (χ4v) is 1.52. The maximum Gasteiger partial charge on any atom is 0.231 e. The van der Waals surface area contributed by atoms with Crippen LogP contribution in [0.2, 0.25) is 5.28 Å². The zero-order valence-corrected chi connectivity index (χ0v) is 12.1. The number of halogens is 1. The van der Waals surface area contributed by atoms with Crippen LogP contribution in [0.5, 0.6) is 0 Å². The Morgan fingerprint density at radius 2 is 1.89 bits per heavy atom. The highest BCUT2D eigenvalue weighted by Gasteiger charge is 2.13. The zero-order chi connectivity index (χ0) is 14.3. The van der Waals surface area contributed by atoms with E-state index in [1.807, 2.05) is 19.0 Å². The number of hydrogen-bond acceptors (Lipinski definition) is 7. The second-order valence-electron chi connectivity index (χ2n) is 3.99. The quantitative estimate of drug-likeness (QED) is 0.738. The van der Waals surface area contributed by atoms with Crippen molar-refractivity contribution in [1.29, 1.82) is 5.26 Å². The lowest BCUT2D eigenvalue weighted by atomic mass is 10.4. The van der Waals surface area contributed by atoms with Gasteiger partial charge < -0.3 is 14.5 Å². The van der Waals surface area contributed by atoms with Crippen LogP contribution in [-0.2, 0) is 4.74 Å².